The molecule has 142 valence electrons. The SMILES string of the molecule is CCNC(=O)COc1cccc(CNC(=O)C2CCC(C(=O)O)CC2)c1. The first-order chi connectivity index (χ1) is 12.5. The summed E-state index contributed by atoms with van der Waals surface area (Å²) < 4.78 is 5.44. The van der Waals surface area contributed by atoms with Crippen LogP contribution in [-0.2, 0) is 20.9 Å². The summed E-state index contributed by atoms with van der Waals surface area (Å²) in [5.74, 6) is -0.857. The second-order valence-electron chi connectivity index (χ2n) is 6.49. The van der Waals surface area contributed by atoms with Gasteiger partial charge in [-0.2, -0.15) is 0 Å². The van der Waals surface area contributed by atoms with Crippen molar-refractivity contribution in [3.8, 4) is 5.75 Å². The number of ether oxygens (including phenoxy) is 1. The zero-order valence-corrected chi connectivity index (χ0v) is 15.0. The monoisotopic (exact) mass is 362 g/mol. The standard InChI is InChI=1S/C19H26N2O5/c1-2-20-17(22)12-26-16-5-3-4-13(10-16)11-21-18(23)14-6-8-15(9-7-14)19(24)25/h3-5,10,14-15H,2,6-9,11-12H2,1H3,(H,20,22)(H,21,23)(H,24,25). The van der Waals surface area contributed by atoms with Crippen LogP contribution in [0.2, 0.25) is 0 Å². The first kappa shape index (κ1) is 19.8. The molecule has 0 aliphatic heterocycles. The van der Waals surface area contributed by atoms with Gasteiger partial charge in [-0.3, -0.25) is 14.4 Å². The van der Waals surface area contributed by atoms with Crippen LogP contribution in [0, 0.1) is 11.8 Å². The van der Waals surface area contributed by atoms with Gasteiger partial charge in [0.1, 0.15) is 5.75 Å². The molecule has 1 aromatic rings. The van der Waals surface area contributed by atoms with Crippen molar-refractivity contribution in [3.05, 3.63) is 29.8 Å². The van der Waals surface area contributed by atoms with E-state index in [9.17, 15) is 14.4 Å². The Kier molecular flexibility index (Phi) is 7.44. The molecule has 2 rings (SSSR count). The number of carbonyl (C=O) groups is 3. The van der Waals surface area contributed by atoms with Crippen LogP contribution < -0.4 is 15.4 Å². The van der Waals surface area contributed by atoms with Gasteiger partial charge < -0.3 is 20.5 Å². The topological polar surface area (TPSA) is 105 Å². The summed E-state index contributed by atoms with van der Waals surface area (Å²) in [4.78, 5) is 34.7. The van der Waals surface area contributed by atoms with Crippen molar-refractivity contribution < 1.29 is 24.2 Å². The summed E-state index contributed by atoms with van der Waals surface area (Å²) in [5, 5.41) is 14.6. The van der Waals surface area contributed by atoms with E-state index in [-0.39, 0.29) is 30.3 Å². The van der Waals surface area contributed by atoms with Crippen molar-refractivity contribution in [1.29, 1.82) is 0 Å². The van der Waals surface area contributed by atoms with Crippen molar-refractivity contribution in [1.82, 2.24) is 10.6 Å². The van der Waals surface area contributed by atoms with E-state index in [2.05, 4.69) is 10.6 Å². The summed E-state index contributed by atoms with van der Waals surface area (Å²) in [5.41, 5.74) is 0.881. The average Bonchev–Trinajstić information content (AvgIpc) is 2.65. The highest BCUT2D eigenvalue weighted by molar-refractivity contribution is 5.79. The quantitative estimate of drug-likeness (QED) is 0.653. The number of amides is 2. The summed E-state index contributed by atoms with van der Waals surface area (Å²) in [7, 11) is 0. The lowest BCUT2D eigenvalue weighted by atomic mass is 9.81. The summed E-state index contributed by atoms with van der Waals surface area (Å²) in [6.07, 6.45) is 2.32. The van der Waals surface area contributed by atoms with E-state index in [4.69, 9.17) is 9.84 Å². The molecule has 0 heterocycles. The van der Waals surface area contributed by atoms with Crippen molar-refractivity contribution in [2.24, 2.45) is 11.8 Å². The zero-order chi connectivity index (χ0) is 18.9. The van der Waals surface area contributed by atoms with Gasteiger partial charge in [0, 0.05) is 19.0 Å². The van der Waals surface area contributed by atoms with Crippen molar-refractivity contribution >= 4 is 17.8 Å². The molecule has 0 bridgehead atoms. The molecular weight excluding hydrogens is 336 g/mol. The molecule has 1 aliphatic carbocycles. The van der Waals surface area contributed by atoms with Gasteiger partial charge in [-0.25, -0.2) is 0 Å². The number of aliphatic carboxylic acids is 1. The van der Waals surface area contributed by atoms with Crippen molar-refractivity contribution in [2.45, 2.75) is 39.2 Å². The lowest BCUT2D eigenvalue weighted by molar-refractivity contribution is -0.144. The molecule has 0 radical (unpaired) electrons. The molecule has 26 heavy (non-hydrogen) atoms. The minimum atomic E-state index is -0.770. The number of benzene rings is 1. The van der Waals surface area contributed by atoms with Gasteiger partial charge >= 0.3 is 5.97 Å². The third-order valence-electron chi connectivity index (χ3n) is 4.56. The van der Waals surface area contributed by atoms with Crippen LogP contribution in [0.4, 0.5) is 0 Å². The number of hydrogen-bond donors (Lipinski definition) is 3. The number of hydrogen-bond acceptors (Lipinski definition) is 4. The minimum Gasteiger partial charge on any atom is -0.484 e. The Bertz CT molecular complexity index is 639. The maximum atomic E-state index is 12.3. The molecule has 0 saturated heterocycles. The Morgan fingerprint density at radius 1 is 1.12 bits per heavy atom. The van der Waals surface area contributed by atoms with Crippen molar-refractivity contribution in [3.63, 3.8) is 0 Å². The minimum absolute atomic E-state index is 0.0394. The van der Waals surface area contributed by atoms with E-state index in [1.54, 1.807) is 12.1 Å². The first-order valence-electron chi connectivity index (χ1n) is 8.98. The fourth-order valence-corrected chi connectivity index (χ4v) is 3.08. The average molecular weight is 362 g/mol. The molecule has 1 saturated carbocycles. The molecule has 0 atom stereocenters. The maximum Gasteiger partial charge on any atom is 0.306 e. The molecular formula is C19H26N2O5. The van der Waals surface area contributed by atoms with Gasteiger partial charge in [0.25, 0.3) is 5.91 Å². The van der Waals surface area contributed by atoms with Crippen LogP contribution in [-0.4, -0.2) is 36.0 Å². The second kappa shape index (κ2) is 9.79. The van der Waals surface area contributed by atoms with Gasteiger partial charge in [-0.15, -0.1) is 0 Å². The smallest absolute Gasteiger partial charge is 0.306 e. The lowest BCUT2D eigenvalue weighted by Crippen LogP contribution is -2.34. The predicted molar refractivity (Wildman–Crippen MR) is 95.6 cm³/mol. The summed E-state index contributed by atoms with van der Waals surface area (Å²) in [6.45, 7) is 2.73. The Balaban J connectivity index is 1.78. The highest BCUT2D eigenvalue weighted by Gasteiger charge is 2.29. The van der Waals surface area contributed by atoms with E-state index in [0.717, 1.165) is 5.56 Å². The van der Waals surface area contributed by atoms with Crippen LogP contribution in [0.3, 0.4) is 0 Å². The molecule has 2 amide bonds. The van der Waals surface area contributed by atoms with Crippen LogP contribution in [0.25, 0.3) is 0 Å². The molecule has 0 spiro atoms. The Morgan fingerprint density at radius 2 is 1.81 bits per heavy atom. The fourth-order valence-electron chi connectivity index (χ4n) is 3.08. The van der Waals surface area contributed by atoms with Gasteiger partial charge in [-0.1, -0.05) is 12.1 Å². The van der Waals surface area contributed by atoms with Crippen molar-refractivity contribution in [2.75, 3.05) is 13.2 Å². The van der Waals surface area contributed by atoms with Gasteiger partial charge in [0.15, 0.2) is 6.61 Å². The van der Waals surface area contributed by atoms with Crippen LogP contribution in [0.5, 0.6) is 5.75 Å². The molecule has 3 N–H and O–H groups in total. The lowest BCUT2D eigenvalue weighted by Gasteiger charge is -2.25. The Morgan fingerprint density at radius 3 is 2.46 bits per heavy atom. The first-order valence-corrected chi connectivity index (χ1v) is 8.98. The van der Waals surface area contributed by atoms with E-state index >= 15 is 0 Å². The molecule has 1 fully saturated rings. The number of carbonyl (C=O) groups excluding carboxylic acids is 2. The molecule has 0 aromatic heterocycles. The number of likely N-dealkylation sites (N-methyl/N-ethyl adjacent to an activating group) is 1. The van der Waals surface area contributed by atoms with Crippen LogP contribution in [0.15, 0.2) is 24.3 Å². The Labute approximate surface area is 153 Å². The fraction of sp³-hybridized carbons (Fsp3) is 0.526. The summed E-state index contributed by atoms with van der Waals surface area (Å²) in [6, 6.07) is 7.24. The highest BCUT2D eigenvalue weighted by atomic mass is 16.5. The van der Waals surface area contributed by atoms with E-state index in [0.29, 0.717) is 44.5 Å². The number of nitrogens with one attached hydrogen (secondary N) is 2. The molecule has 1 aromatic carbocycles. The maximum absolute atomic E-state index is 12.3. The molecule has 7 nitrogen and oxygen atoms in total. The predicted octanol–water partition coefficient (Wildman–Crippen LogP) is 1.71. The zero-order valence-electron chi connectivity index (χ0n) is 15.0. The number of rotatable bonds is 8. The number of carboxylic acids is 1. The normalized spacial score (nSPS) is 19.4. The second-order valence-corrected chi connectivity index (χ2v) is 6.49. The van der Waals surface area contributed by atoms with E-state index < -0.39 is 5.97 Å². The largest absolute Gasteiger partial charge is 0.484 e. The molecule has 0 unspecified atom stereocenters. The van der Waals surface area contributed by atoms with Gasteiger partial charge in [0.2, 0.25) is 5.91 Å². The third-order valence-corrected chi connectivity index (χ3v) is 4.56. The molecule has 1 aliphatic rings. The molecule has 7 heteroatoms. The Hall–Kier alpha value is -2.57. The van der Waals surface area contributed by atoms with Crippen LogP contribution >= 0.6 is 0 Å². The summed E-state index contributed by atoms with van der Waals surface area (Å²) >= 11 is 0. The van der Waals surface area contributed by atoms with E-state index in [1.165, 1.54) is 0 Å². The third kappa shape index (κ3) is 6.06. The van der Waals surface area contributed by atoms with Gasteiger partial charge in [-0.05, 0) is 50.3 Å². The van der Waals surface area contributed by atoms with E-state index in [1.807, 2.05) is 19.1 Å². The highest BCUT2D eigenvalue weighted by Crippen LogP contribution is 2.29. The van der Waals surface area contributed by atoms with Crippen LogP contribution in [0.1, 0.15) is 38.2 Å². The number of carboxylic acid groups (broad SMARTS) is 1. The van der Waals surface area contributed by atoms with Gasteiger partial charge in [0.05, 0.1) is 5.92 Å².